The van der Waals surface area contributed by atoms with Gasteiger partial charge in [-0.3, -0.25) is 0 Å². The Morgan fingerprint density at radius 1 is 1.08 bits per heavy atom. The molecule has 0 aliphatic rings. The fourth-order valence-corrected chi connectivity index (χ4v) is 2.55. The molecule has 0 radical (unpaired) electrons. The number of benzene rings is 2. The number of nitrogens with zero attached hydrogens (tertiary/aromatic N) is 5. The summed E-state index contributed by atoms with van der Waals surface area (Å²) in [5, 5.41) is 11.8. The molecule has 0 aliphatic carbocycles. The van der Waals surface area contributed by atoms with Gasteiger partial charge >= 0.3 is 0 Å². The Morgan fingerprint density at radius 2 is 1.84 bits per heavy atom. The van der Waals surface area contributed by atoms with E-state index in [0.29, 0.717) is 0 Å². The number of halogens is 2. The van der Waals surface area contributed by atoms with Crippen LogP contribution in [0.25, 0.3) is 28.7 Å². The molecule has 0 aliphatic heterocycles. The lowest BCUT2D eigenvalue weighted by Gasteiger charge is -2.02. The second-order valence-corrected chi connectivity index (χ2v) is 6.03. The van der Waals surface area contributed by atoms with Crippen molar-refractivity contribution in [3.05, 3.63) is 58.8 Å². The average molecular weight is 401 g/mol. The summed E-state index contributed by atoms with van der Waals surface area (Å²) in [5.41, 5.74) is 7.30. The highest BCUT2D eigenvalue weighted by Gasteiger charge is 2.20. The fourth-order valence-electron chi connectivity index (χ4n) is 2.29. The first-order valence-electron chi connectivity index (χ1n) is 7.19. The van der Waals surface area contributed by atoms with Gasteiger partial charge in [0.25, 0.3) is 5.89 Å². The smallest absolute Gasteiger partial charge is 0.282 e. The van der Waals surface area contributed by atoms with Gasteiger partial charge in [-0.2, -0.15) is 9.67 Å². The van der Waals surface area contributed by atoms with E-state index in [-0.39, 0.29) is 28.8 Å². The van der Waals surface area contributed by atoms with Crippen molar-refractivity contribution in [3.8, 4) is 28.7 Å². The maximum atomic E-state index is 13.8. The van der Waals surface area contributed by atoms with Gasteiger partial charge in [0, 0.05) is 4.47 Å². The molecule has 2 N–H and O–H groups in total. The van der Waals surface area contributed by atoms with Crippen molar-refractivity contribution in [2.45, 2.75) is 0 Å². The minimum atomic E-state index is -0.443. The lowest BCUT2D eigenvalue weighted by atomic mass is 10.2. The van der Waals surface area contributed by atoms with Crippen molar-refractivity contribution in [2.75, 3.05) is 5.73 Å². The molecule has 2 aromatic carbocycles. The third kappa shape index (κ3) is 2.78. The molecule has 0 bridgehead atoms. The molecule has 0 saturated heterocycles. The molecule has 0 amide bonds. The van der Waals surface area contributed by atoms with Crippen LogP contribution < -0.4 is 5.73 Å². The number of hydrogen-bond acceptors (Lipinski definition) is 6. The number of aromatic nitrogens is 5. The summed E-state index contributed by atoms with van der Waals surface area (Å²) in [6.07, 6.45) is 0. The molecule has 7 nitrogen and oxygen atoms in total. The minimum absolute atomic E-state index is 0.0686. The Kier molecular flexibility index (Phi) is 3.77. The van der Waals surface area contributed by atoms with Crippen LogP contribution in [0.1, 0.15) is 0 Å². The van der Waals surface area contributed by atoms with E-state index in [4.69, 9.17) is 10.3 Å². The van der Waals surface area contributed by atoms with Gasteiger partial charge in [0.1, 0.15) is 5.82 Å². The Labute approximate surface area is 149 Å². The quantitative estimate of drug-likeness (QED) is 0.565. The summed E-state index contributed by atoms with van der Waals surface area (Å²) in [6.45, 7) is 0. The Balaban J connectivity index is 1.72. The highest BCUT2D eigenvalue weighted by molar-refractivity contribution is 9.10. The number of hydrogen-bond donors (Lipinski definition) is 1. The molecule has 4 aromatic rings. The van der Waals surface area contributed by atoms with Gasteiger partial charge in [-0.25, -0.2) is 4.39 Å². The Hall–Kier alpha value is -3.07. The summed E-state index contributed by atoms with van der Waals surface area (Å²) in [5.74, 6) is -0.0165. The summed E-state index contributed by atoms with van der Waals surface area (Å²) in [4.78, 5) is 4.17. The molecule has 0 unspecified atom stereocenters. The van der Waals surface area contributed by atoms with E-state index in [1.807, 2.05) is 24.3 Å². The van der Waals surface area contributed by atoms with Crippen LogP contribution in [-0.2, 0) is 0 Å². The third-order valence-electron chi connectivity index (χ3n) is 3.52. The first-order valence-corrected chi connectivity index (χ1v) is 7.99. The molecule has 25 heavy (non-hydrogen) atoms. The van der Waals surface area contributed by atoms with Crippen LogP contribution in [0.2, 0.25) is 0 Å². The molecule has 4 rings (SSSR count). The maximum absolute atomic E-state index is 13.8. The molecular formula is C16H10BrFN6O. The van der Waals surface area contributed by atoms with Crippen molar-refractivity contribution >= 4 is 21.7 Å². The number of rotatable bonds is 3. The number of nitrogens with two attached hydrogens (primary N) is 1. The van der Waals surface area contributed by atoms with Gasteiger partial charge in [-0.05, 0) is 36.4 Å². The average Bonchev–Trinajstić information content (AvgIpc) is 3.23. The van der Waals surface area contributed by atoms with Crippen molar-refractivity contribution in [3.63, 3.8) is 0 Å². The van der Waals surface area contributed by atoms with E-state index in [1.54, 1.807) is 18.2 Å². The highest BCUT2D eigenvalue weighted by atomic mass is 79.9. The molecule has 9 heteroatoms. The van der Waals surface area contributed by atoms with Gasteiger partial charge in [0.2, 0.25) is 5.82 Å². The van der Waals surface area contributed by atoms with Crippen molar-refractivity contribution in [2.24, 2.45) is 0 Å². The first kappa shape index (κ1) is 15.5. The van der Waals surface area contributed by atoms with Crippen LogP contribution in [0.15, 0.2) is 57.5 Å². The normalized spacial score (nSPS) is 11.0. The van der Waals surface area contributed by atoms with Crippen molar-refractivity contribution in [1.29, 1.82) is 0 Å². The molecule has 2 aromatic heterocycles. The summed E-state index contributed by atoms with van der Waals surface area (Å²) < 4.78 is 21.4. The summed E-state index contributed by atoms with van der Waals surface area (Å²) >= 11 is 3.37. The second kappa shape index (κ2) is 6.10. The highest BCUT2D eigenvalue weighted by Crippen LogP contribution is 2.27. The van der Waals surface area contributed by atoms with Crippen LogP contribution in [0.5, 0.6) is 0 Å². The molecule has 124 valence electrons. The SMILES string of the molecule is Nc1c(-c2nc(-c3ccccc3F)no2)nnn1-c1ccc(Br)cc1. The van der Waals surface area contributed by atoms with E-state index in [0.717, 1.165) is 10.2 Å². The second-order valence-electron chi connectivity index (χ2n) is 5.11. The van der Waals surface area contributed by atoms with Gasteiger partial charge in [-0.1, -0.05) is 38.4 Å². The van der Waals surface area contributed by atoms with E-state index < -0.39 is 5.82 Å². The topological polar surface area (TPSA) is 95.7 Å². The molecule has 0 fully saturated rings. The Morgan fingerprint density at radius 3 is 2.60 bits per heavy atom. The van der Waals surface area contributed by atoms with E-state index in [2.05, 4.69) is 36.4 Å². The predicted octanol–water partition coefficient (Wildman–Crippen LogP) is 3.47. The zero-order chi connectivity index (χ0) is 17.4. The fraction of sp³-hybridized carbons (Fsp3) is 0. The minimum Gasteiger partial charge on any atom is -0.382 e. The summed E-state index contributed by atoms with van der Waals surface area (Å²) in [6, 6.07) is 13.5. The molecule has 0 saturated carbocycles. The molecule has 0 spiro atoms. The Bertz CT molecular complexity index is 1040. The zero-order valence-corrected chi connectivity index (χ0v) is 14.2. The summed E-state index contributed by atoms with van der Waals surface area (Å²) in [7, 11) is 0. The number of anilines is 1. The van der Waals surface area contributed by atoms with Gasteiger partial charge in [0.05, 0.1) is 11.3 Å². The standard InChI is InChI=1S/C16H10BrFN6O/c17-9-5-7-10(8-6-9)24-14(19)13(21-23-24)16-20-15(22-25-16)11-3-1-2-4-12(11)18/h1-8H,19H2. The van der Waals surface area contributed by atoms with E-state index in [1.165, 1.54) is 10.7 Å². The van der Waals surface area contributed by atoms with E-state index >= 15 is 0 Å². The molecular weight excluding hydrogens is 391 g/mol. The van der Waals surface area contributed by atoms with Crippen LogP contribution in [0, 0.1) is 5.82 Å². The van der Waals surface area contributed by atoms with Crippen LogP contribution >= 0.6 is 15.9 Å². The van der Waals surface area contributed by atoms with Crippen LogP contribution in [-0.4, -0.2) is 25.1 Å². The monoisotopic (exact) mass is 400 g/mol. The van der Waals surface area contributed by atoms with Crippen molar-refractivity contribution in [1.82, 2.24) is 25.1 Å². The van der Waals surface area contributed by atoms with E-state index in [9.17, 15) is 4.39 Å². The zero-order valence-electron chi connectivity index (χ0n) is 12.6. The van der Waals surface area contributed by atoms with Crippen molar-refractivity contribution < 1.29 is 8.91 Å². The van der Waals surface area contributed by atoms with Crippen LogP contribution in [0.4, 0.5) is 10.2 Å². The van der Waals surface area contributed by atoms with Gasteiger partial charge in [-0.15, -0.1) is 5.10 Å². The van der Waals surface area contributed by atoms with Gasteiger partial charge < -0.3 is 10.3 Å². The predicted molar refractivity (Wildman–Crippen MR) is 92.2 cm³/mol. The third-order valence-corrected chi connectivity index (χ3v) is 4.05. The lowest BCUT2D eigenvalue weighted by molar-refractivity contribution is 0.430. The largest absolute Gasteiger partial charge is 0.382 e. The lowest BCUT2D eigenvalue weighted by Crippen LogP contribution is -2.02. The first-order chi connectivity index (χ1) is 12.1. The molecule has 2 heterocycles. The maximum Gasteiger partial charge on any atom is 0.282 e. The number of nitrogen functional groups attached to an aromatic ring is 1. The van der Waals surface area contributed by atoms with Gasteiger partial charge in [0.15, 0.2) is 11.5 Å². The molecule has 0 atom stereocenters. The van der Waals surface area contributed by atoms with Crippen LogP contribution in [0.3, 0.4) is 0 Å².